The lowest BCUT2D eigenvalue weighted by Crippen LogP contribution is -2.11. The summed E-state index contributed by atoms with van der Waals surface area (Å²) in [6.07, 6.45) is 11.7. The molecule has 1 heteroatoms. The van der Waals surface area contributed by atoms with Crippen molar-refractivity contribution in [3.05, 3.63) is 82.9 Å². The SMILES string of the molecule is CCCc1ccc([C@H]2CC[C@H](/C=C/C#Cc3ccc(C#N)cc3)CC2)cc1. The van der Waals surface area contributed by atoms with E-state index in [-0.39, 0.29) is 0 Å². The van der Waals surface area contributed by atoms with Crippen LogP contribution >= 0.6 is 0 Å². The van der Waals surface area contributed by atoms with Gasteiger partial charge in [-0.2, -0.15) is 5.26 Å². The maximum absolute atomic E-state index is 8.81. The summed E-state index contributed by atoms with van der Waals surface area (Å²) in [6.45, 7) is 2.23. The van der Waals surface area contributed by atoms with E-state index in [0.717, 1.165) is 11.5 Å². The minimum absolute atomic E-state index is 0.649. The molecule has 0 amide bonds. The van der Waals surface area contributed by atoms with Gasteiger partial charge in [0.1, 0.15) is 0 Å². The van der Waals surface area contributed by atoms with Crippen LogP contribution in [0.4, 0.5) is 0 Å². The summed E-state index contributed by atoms with van der Waals surface area (Å²) in [5, 5.41) is 8.81. The molecule has 0 unspecified atom stereocenters. The third-order valence-electron chi connectivity index (χ3n) is 5.44. The Morgan fingerprint density at radius 3 is 2.22 bits per heavy atom. The van der Waals surface area contributed by atoms with Gasteiger partial charge >= 0.3 is 0 Å². The first-order valence-electron chi connectivity index (χ1n) is 10.1. The summed E-state index contributed by atoms with van der Waals surface area (Å²) in [7, 11) is 0. The standard InChI is InChI=1S/C26H27N/c1-2-5-21-12-16-25(17-13-21)26-18-14-23(15-19-26)7-4-3-6-22-8-10-24(20-27)11-9-22/h4,7-13,16-17,23,26H,2,5,14-15,18-19H2,1H3/b7-4+/t23-,26-. The van der Waals surface area contributed by atoms with E-state index in [0.29, 0.717) is 11.5 Å². The first-order chi connectivity index (χ1) is 13.3. The largest absolute Gasteiger partial charge is 0.192 e. The number of allylic oxidation sites excluding steroid dienone is 2. The molecule has 2 aromatic rings. The Hall–Kier alpha value is -2.77. The normalized spacial score (nSPS) is 19.3. The minimum Gasteiger partial charge on any atom is -0.192 e. The lowest BCUT2D eigenvalue weighted by atomic mass is 9.78. The van der Waals surface area contributed by atoms with Crippen LogP contribution in [0.3, 0.4) is 0 Å². The van der Waals surface area contributed by atoms with E-state index < -0.39 is 0 Å². The average Bonchev–Trinajstić information content (AvgIpc) is 2.73. The number of benzene rings is 2. The molecule has 0 bridgehead atoms. The van der Waals surface area contributed by atoms with Crippen molar-refractivity contribution in [1.82, 2.24) is 0 Å². The number of rotatable bonds is 4. The maximum atomic E-state index is 8.81. The molecule has 0 atom stereocenters. The molecule has 0 spiro atoms. The lowest BCUT2D eigenvalue weighted by molar-refractivity contribution is 0.376. The van der Waals surface area contributed by atoms with Gasteiger partial charge in [-0.15, -0.1) is 0 Å². The van der Waals surface area contributed by atoms with E-state index in [1.54, 1.807) is 0 Å². The first kappa shape index (κ1) is 19.0. The molecule has 2 aromatic carbocycles. The average molecular weight is 354 g/mol. The van der Waals surface area contributed by atoms with Gasteiger partial charge in [-0.05, 0) is 85.4 Å². The van der Waals surface area contributed by atoms with Gasteiger partial charge in [0.15, 0.2) is 0 Å². The molecule has 0 N–H and O–H groups in total. The molecule has 0 aromatic heterocycles. The van der Waals surface area contributed by atoms with Crippen molar-refractivity contribution in [3.8, 4) is 17.9 Å². The molecule has 3 rings (SSSR count). The highest BCUT2D eigenvalue weighted by Crippen LogP contribution is 2.36. The molecular weight excluding hydrogens is 326 g/mol. The zero-order valence-corrected chi connectivity index (χ0v) is 16.1. The Bertz CT molecular complexity index is 846. The van der Waals surface area contributed by atoms with Crippen LogP contribution in [0.2, 0.25) is 0 Å². The van der Waals surface area contributed by atoms with Gasteiger partial charge in [0.2, 0.25) is 0 Å². The molecule has 0 aliphatic heterocycles. The Kier molecular flexibility index (Phi) is 6.90. The summed E-state index contributed by atoms with van der Waals surface area (Å²) in [5.41, 5.74) is 4.60. The molecule has 136 valence electrons. The van der Waals surface area contributed by atoms with Crippen LogP contribution in [0.1, 0.15) is 67.2 Å². The van der Waals surface area contributed by atoms with E-state index >= 15 is 0 Å². The predicted molar refractivity (Wildman–Crippen MR) is 112 cm³/mol. The van der Waals surface area contributed by atoms with E-state index in [1.165, 1.54) is 49.7 Å². The van der Waals surface area contributed by atoms with E-state index in [1.807, 2.05) is 30.3 Å². The molecule has 0 saturated heterocycles. The lowest BCUT2D eigenvalue weighted by Gasteiger charge is -2.27. The van der Waals surface area contributed by atoms with Crippen LogP contribution < -0.4 is 0 Å². The highest BCUT2D eigenvalue weighted by molar-refractivity contribution is 5.41. The van der Waals surface area contributed by atoms with Gasteiger partial charge in [0.05, 0.1) is 11.6 Å². The molecule has 0 heterocycles. The smallest absolute Gasteiger partial charge is 0.0991 e. The van der Waals surface area contributed by atoms with Gasteiger partial charge < -0.3 is 0 Å². The Labute approximate surface area is 163 Å². The van der Waals surface area contributed by atoms with Crippen molar-refractivity contribution in [2.75, 3.05) is 0 Å². The predicted octanol–water partition coefficient (Wildman–Crippen LogP) is 6.39. The fourth-order valence-corrected chi connectivity index (χ4v) is 3.83. The minimum atomic E-state index is 0.649. The third kappa shape index (κ3) is 5.60. The number of aryl methyl sites for hydroxylation is 1. The van der Waals surface area contributed by atoms with E-state index in [4.69, 9.17) is 5.26 Å². The molecule has 1 fully saturated rings. The van der Waals surface area contributed by atoms with E-state index in [2.05, 4.69) is 55.2 Å². The molecule has 1 saturated carbocycles. The van der Waals surface area contributed by atoms with Crippen LogP contribution in [0.5, 0.6) is 0 Å². The Morgan fingerprint density at radius 2 is 1.59 bits per heavy atom. The molecule has 1 aliphatic rings. The van der Waals surface area contributed by atoms with E-state index in [9.17, 15) is 0 Å². The van der Waals surface area contributed by atoms with Crippen molar-refractivity contribution >= 4 is 0 Å². The van der Waals surface area contributed by atoms with Crippen LogP contribution in [0.15, 0.2) is 60.7 Å². The maximum Gasteiger partial charge on any atom is 0.0991 e. The number of nitriles is 1. The van der Waals surface area contributed by atoms with Crippen molar-refractivity contribution < 1.29 is 0 Å². The van der Waals surface area contributed by atoms with Crippen molar-refractivity contribution in [3.63, 3.8) is 0 Å². The second-order valence-electron chi connectivity index (χ2n) is 7.42. The Morgan fingerprint density at radius 1 is 0.926 bits per heavy atom. The third-order valence-corrected chi connectivity index (χ3v) is 5.44. The summed E-state index contributed by atoms with van der Waals surface area (Å²) < 4.78 is 0. The summed E-state index contributed by atoms with van der Waals surface area (Å²) >= 11 is 0. The van der Waals surface area contributed by atoms with Gasteiger partial charge in [-0.3, -0.25) is 0 Å². The van der Waals surface area contributed by atoms with Crippen LogP contribution in [0.25, 0.3) is 0 Å². The topological polar surface area (TPSA) is 23.8 Å². The zero-order chi connectivity index (χ0) is 18.9. The fourth-order valence-electron chi connectivity index (χ4n) is 3.83. The van der Waals surface area contributed by atoms with Crippen LogP contribution in [0, 0.1) is 29.1 Å². The van der Waals surface area contributed by atoms with Crippen LogP contribution in [-0.4, -0.2) is 0 Å². The molecule has 27 heavy (non-hydrogen) atoms. The summed E-state index contributed by atoms with van der Waals surface area (Å²) in [5.74, 6) is 7.64. The van der Waals surface area contributed by atoms with Gasteiger partial charge in [-0.1, -0.05) is 55.5 Å². The van der Waals surface area contributed by atoms with Gasteiger partial charge in [-0.25, -0.2) is 0 Å². The van der Waals surface area contributed by atoms with Gasteiger partial charge in [0.25, 0.3) is 0 Å². The quantitative estimate of drug-likeness (QED) is 0.584. The fraction of sp³-hybridized carbons (Fsp3) is 0.346. The number of nitrogens with zero attached hydrogens (tertiary/aromatic N) is 1. The zero-order valence-electron chi connectivity index (χ0n) is 16.1. The molecule has 0 radical (unpaired) electrons. The number of hydrogen-bond acceptors (Lipinski definition) is 1. The van der Waals surface area contributed by atoms with Gasteiger partial charge in [0, 0.05) is 5.56 Å². The molecule has 1 nitrogen and oxygen atoms in total. The highest BCUT2D eigenvalue weighted by atomic mass is 14.3. The summed E-state index contributed by atoms with van der Waals surface area (Å²) in [4.78, 5) is 0. The monoisotopic (exact) mass is 353 g/mol. The second-order valence-corrected chi connectivity index (χ2v) is 7.42. The van der Waals surface area contributed by atoms with Crippen LogP contribution in [-0.2, 0) is 6.42 Å². The van der Waals surface area contributed by atoms with Crippen molar-refractivity contribution in [1.29, 1.82) is 5.26 Å². The highest BCUT2D eigenvalue weighted by Gasteiger charge is 2.20. The first-order valence-corrected chi connectivity index (χ1v) is 10.1. The molecule has 1 aliphatic carbocycles. The van der Waals surface area contributed by atoms with Crippen molar-refractivity contribution in [2.45, 2.75) is 51.4 Å². The van der Waals surface area contributed by atoms with Crippen molar-refractivity contribution in [2.24, 2.45) is 5.92 Å². The molecular formula is C26H27N. The Balaban J connectivity index is 1.48. The summed E-state index contributed by atoms with van der Waals surface area (Å²) in [6, 6.07) is 18.8. The number of hydrogen-bond donors (Lipinski definition) is 0. The second kappa shape index (κ2) is 9.80.